The van der Waals surface area contributed by atoms with Gasteiger partial charge in [-0.05, 0) is 67.8 Å². The van der Waals surface area contributed by atoms with E-state index in [0.29, 0.717) is 29.9 Å². The number of ether oxygens (including phenoxy) is 5. The summed E-state index contributed by atoms with van der Waals surface area (Å²) in [6, 6.07) is 11.0. The number of benzene rings is 2. The number of carbonyl (C=O) groups is 2. The van der Waals surface area contributed by atoms with Crippen LogP contribution in [0.4, 0.5) is 4.79 Å². The molecule has 2 aromatic carbocycles. The Morgan fingerprint density at radius 2 is 1.69 bits per heavy atom. The molecule has 0 aliphatic heterocycles. The molecule has 0 bridgehead atoms. The Hall–Kier alpha value is -3.10. The molecule has 0 fully saturated rings. The Labute approximate surface area is 168 Å². The summed E-state index contributed by atoms with van der Waals surface area (Å²) in [4.78, 5) is 23.9. The van der Waals surface area contributed by atoms with Gasteiger partial charge in [0.15, 0.2) is 6.79 Å². The predicted octanol–water partition coefficient (Wildman–Crippen LogP) is 3.48. The van der Waals surface area contributed by atoms with E-state index in [0.717, 1.165) is 5.56 Å². The molecule has 2 aromatic rings. The molecule has 0 amide bonds. The van der Waals surface area contributed by atoms with Crippen LogP contribution in [0.1, 0.15) is 28.8 Å². The van der Waals surface area contributed by atoms with Gasteiger partial charge in [0.2, 0.25) is 0 Å². The van der Waals surface area contributed by atoms with Crippen molar-refractivity contribution in [1.29, 1.82) is 0 Å². The second-order valence-electron chi connectivity index (χ2n) is 6.02. The summed E-state index contributed by atoms with van der Waals surface area (Å²) in [5.41, 5.74) is 1.03. The van der Waals surface area contributed by atoms with Crippen molar-refractivity contribution in [2.45, 2.75) is 19.8 Å². The van der Waals surface area contributed by atoms with E-state index < -0.39 is 12.1 Å². The Morgan fingerprint density at radius 3 is 2.34 bits per heavy atom. The van der Waals surface area contributed by atoms with Crippen LogP contribution < -0.4 is 14.2 Å². The molecule has 0 saturated carbocycles. The Kier molecular flexibility index (Phi) is 8.94. The van der Waals surface area contributed by atoms with Crippen molar-refractivity contribution in [3.63, 3.8) is 0 Å². The van der Waals surface area contributed by atoms with Crippen molar-refractivity contribution >= 4 is 12.1 Å². The molecule has 8 nitrogen and oxygen atoms in total. The van der Waals surface area contributed by atoms with Gasteiger partial charge in [-0.25, -0.2) is 9.59 Å². The fourth-order valence-corrected chi connectivity index (χ4v) is 2.27. The molecule has 0 spiro atoms. The monoisotopic (exact) mass is 404 g/mol. The van der Waals surface area contributed by atoms with Crippen LogP contribution in [0.25, 0.3) is 0 Å². The quantitative estimate of drug-likeness (QED) is 0.211. The van der Waals surface area contributed by atoms with E-state index in [-0.39, 0.29) is 25.8 Å². The van der Waals surface area contributed by atoms with E-state index in [2.05, 4.69) is 0 Å². The lowest BCUT2D eigenvalue weighted by molar-refractivity contribution is 0.0509. The number of aliphatic hydroxyl groups is 1. The lowest BCUT2D eigenvalue weighted by Crippen LogP contribution is -2.12. The minimum atomic E-state index is -0.843. The van der Waals surface area contributed by atoms with Gasteiger partial charge in [0.25, 0.3) is 0 Å². The van der Waals surface area contributed by atoms with Crippen molar-refractivity contribution in [3.05, 3.63) is 53.6 Å². The molecule has 0 heterocycles. The predicted molar refractivity (Wildman–Crippen MR) is 103 cm³/mol. The van der Waals surface area contributed by atoms with Crippen LogP contribution in [0.5, 0.6) is 17.2 Å². The first-order valence-corrected chi connectivity index (χ1v) is 9.03. The maximum atomic E-state index is 12.3. The van der Waals surface area contributed by atoms with Crippen molar-refractivity contribution in [1.82, 2.24) is 0 Å². The average molecular weight is 404 g/mol. The van der Waals surface area contributed by atoms with Crippen LogP contribution >= 0.6 is 0 Å². The number of aliphatic hydroxyl groups excluding tert-OH is 1. The number of carbonyl (C=O) groups excluding carboxylic acids is 2. The minimum Gasteiger partial charge on any atom is -0.468 e. The van der Waals surface area contributed by atoms with Crippen molar-refractivity contribution < 1.29 is 38.4 Å². The first-order chi connectivity index (χ1) is 14.0. The van der Waals surface area contributed by atoms with E-state index >= 15 is 0 Å². The fraction of sp³-hybridized carbons (Fsp3) is 0.333. The molecule has 0 saturated heterocycles. The highest BCUT2D eigenvalue weighted by molar-refractivity contribution is 5.91. The summed E-state index contributed by atoms with van der Waals surface area (Å²) < 4.78 is 25.5. The molecule has 0 aliphatic rings. The number of rotatable bonds is 10. The Balaban J connectivity index is 1.89. The van der Waals surface area contributed by atoms with Crippen LogP contribution in [0.15, 0.2) is 42.5 Å². The van der Waals surface area contributed by atoms with Gasteiger partial charge in [-0.2, -0.15) is 0 Å². The largest absolute Gasteiger partial charge is 0.513 e. The third kappa shape index (κ3) is 7.44. The summed E-state index contributed by atoms with van der Waals surface area (Å²) in [6.07, 6.45) is 0.256. The maximum Gasteiger partial charge on any atom is 0.513 e. The molecule has 156 valence electrons. The highest BCUT2D eigenvalue weighted by atomic mass is 16.7. The molecule has 0 unspecified atom stereocenters. The Morgan fingerprint density at radius 1 is 0.966 bits per heavy atom. The second-order valence-corrected chi connectivity index (χ2v) is 6.02. The minimum absolute atomic E-state index is 0.0429. The molecule has 0 radical (unpaired) electrons. The van der Waals surface area contributed by atoms with Gasteiger partial charge in [0.1, 0.15) is 17.2 Å². The normalized spacial score (nSPS) is 10.3. The van der Waals surface area contributed by atoms with Gasteiger partial charge in [-0.3, -0.25) is 0 Å². The van der Waals surface area contributed by atoms with Crippen molar-refractivity contribution in [2.24, 2.45) is 0 Å². The van der Waals surface area contributed by atoms with Crippen LogP contribution in [-0.4, -0.2) is 44.3 Å². The first-order valence-electron chi connectivity index (χ1n) is 9.03. The summed E-state index contributed by atoms with van der Waals surface area (Å²) in [6.45, 7) is 2.13. The topological polar surface area (TPSA) is 101 Å². The number of aryl methyl sites for hydroxylation is 1. The third-order valence-corrected chi connectivity index (χ3v) is 3.76. The fourth-order valence-electron chi connectivity index (χ4n) is 2.27. The molecule has 8 heteroatoms. The maximum absolute atomic E-state index is 12.3. The molecule has 29 heavy (non-hydrogen) atoms. The number of methoxy groups -OCH3 is 1. The highest BCUT2D eigenvalue weighted by Gasteiger charge is 2.12. The molecule has 0 aliphatic carbocycles. The van der Waals surface area contributed by atoms with Gasteiger partial charge in [-0.15, -0.1) is 0 Å². The summed E-state index contributed by atoms with van der Waals surface area (Å²) in [5, 5.41) is 8.67. The highest BCUT2D eigenvalue weighted by Crippen LogP contribution is 2.24. The SMILES string of the molecule is COCOc1ccc(OC(=O)c2ccc(OC(=O)OCCCCO)cc2)c(C)c1. The zero-order valence-corrected chi connectivity index (χ0v) is 16.4. The summed E-state index contributed by atoms with van der Waals surface area (Å²) in [7, 11) is 1.53. The van der Waals surface area contributed by atoms with Gasteiger partial charge in [-0.1, -0.05) is 0 Å². The van der Waals surface area contributed by atoms with E-state index in [1.165, 1.54) is 31.4 Å². The number of hydrogen-bond acceptors (Lipinski definition) is 8. The number of unbranched alkanes of at least 4 members (excludes halogenated alkanes) is 1. The van der Waals surface area contributed by atoms with E-state index in [4.69, 9.17) is 28.8 Å². The average Bonchev–Trinajstić information content (AvgIpc) is 2.72. The van der Waals surface area contributed by atoms with Crippen LogP contribution in [0, 0.1) is 6.92 Å². The van der Waals surface area contributed by atoms with Crippen LogP contribution in [-0.2, 0) is 9.47 Å². The lowest BCUT2D eigenvalue weighted by Gasteiger charge is -2.10. The lowest BCUT2D eigenvalue weighted by atomic mass is 10.2. The summed E-state index contributed by atoms with van der Waals surface area (Å²) in [5.74, 6) is 0.710. The molecule has 2 rings (SSSR count). The van der Waals surface area contributed by atoms with Crippen LogP contribution in [0.2, 0.25) is 0 Å². The van der Waals surface area contributed by atoms with E-state index in [9.17, 15) is 9.59 Å². The molecular weight excluding hydrogens is 380 g/mol. The number of esters is 1. The van der Waals surface area contributed by atoms with Crippen molar-refractivity contribution in [3.8, 4) is 17.2 Å². The summed E-state index contributed by atoms with van der Waals surface area (Å²) >= 11 is 0. The number of hydrogen-bond donors (Lipinski definition) is 1. The van der Waals surface area contributed by atoms with Gasteiger partial charge >= 0.3 is 12.1 Å². The van der Waals surface area contributed by atoms with Crippen LogP contribution in [0.3, 0.4) is 0 Å². The Bertz CT molecular complexity index is 801. The molecule has 1 N–H and O–H groups in total. The first kappa shape index (κ1) is 22.2. The van der Waals surface area contributed by atoms with Gasteiger partial charge < -0.3 is 28.8 Å². The van der Waals surface area contributed by atoms with Gasteiger partial charge in [0, 0.05) is 13.7 Å². The standard InChI is InChI=1S/C21H24O8/c1-15-13-18(27-14-25-2)9-10-19(15)29-20(23)16-5-7-17(8-6-16)28-21(24)26-12-4-3-11-22/h5-10,13,22H,3-4,11-12,14H2,1-2H3. The van der Waals surface area contributed by atoms with Gasteiger partial charge in [0.05, 0.1) is 12.2 Å². The molecular formula is C21H24O8. The second kappa shape index (κ2) is 11.7. The zero-order chi connectivity index (χ0) is 21.1. The third-order valence-electron chi connectivity index (χ3n) is 3.76. The smallest absolute Gasteiger partial charge is 0.468 e. The molecule has 0 aromatic heterocycles. The zero-order valence-electron chi connectivity index (χ0n) is 16.4. The van der Waals surface area contributed by atoms with E-state index in [1.54, 1.807) is 25.1 Å². The van der Waals surface area contributed by atoms with E-state index in [1.807, 2.05) is 0 Å². The molecule has 0 atom stereocenters. The van der Waals surface area contributed by atoms with Crippen molar-refractivity contribution in [2.75, 3.05) is 27.1 Å².